The van der Waals surface area contributed by atoms with Gasteiger partial charge in [0.1, 0.15) is 0 Å². The summed E-state index contributed by atoms with van der Waals surface area (Å²) in [5.74, 6) is -2.24. The number of alkyl halides is 2. The highest BCUT2D eigenvalue weighted by molar-refractivity contribution is 4.85. The van der Waals surface area contributed by atoms with Crippen LogP contribution in [-0.4, -0.2) is 36.5 Å². The summed E-state index contributed by atoms with van der Waals surface area (Å²) in [6.07, 6.45) is 4.12. The zero-order chi connectivity index (χ0) is 11.6. The van der Waals surface area contributed by atoms with Crippen LogP contribution in [0.2, 0.25) is 0 Å². The fraction of sp³-hybridized carbons (Fsp3) is 1.00. The van der Waals surface area contributed by atoms with Crippen LogP contribution < -0.4 is 5.73 Å². The van der Waals surface area contributed by atoms with E-state index in [0.29, 0.717) is 19.0 Å². The Bertz CT molecular complexity index is 233. The molecule has 0 spiro atoms. The number of halogens is 2. The molecule has 2 unspecified atom stereocenters. The van der Waals surface area contributed by atoms with Gasteiger partial charge in [-0.2, -0.15) is 0 Å². The number of nitrogens with two attached hydrogens (primary N) is 1. The molecule has 2 N–H and O–H groups in total. The number of nitrogens with zero attached hydrogens (tertiary/aromatic N) is 1. The number of hydrogen-bond donors (Lipinski definition) is 1. The standard InChI is InChI=1S/C12H22F2N2/c13-12(14)5-1-3-10(7-12)9-16-6-2-4-11(16)8-15/h10-11H,1-9,15H2. The molecule has 4 heteroatoms. The highest BCUT2D eigenvalue weighted by atomic mass is 19.3. The van der Waals surface area contributed by atoms with E-state index in [1.54, 1.807) is 0 Å². The van der Waals surface area contributed by atoms with Crippen LogP contribution in [0, 0.1) is 5.92 Å². The molecule has 1 aliphatic carbocycles. The minimum absolute atomic E-state index is 0.0841. The predicted octanol–water partition coefficient (Wildman–Crippen LogP) is 2.24. The van der Waals surface area contributed by atoms with E-state index in [1.807, 2.05) is 0 Å². The van der Waals surface area contributed by atoms with E-state index in [9.17, 15) is 8.78 Å². The van der Waals surface area contributed by atoms with Crippen molar-refractivity contribution >= 4 is 0 Å². The maximum Gasteiger partial charge on any atom is 0.248 e. The highest BCUT2D eigenvalue weighted by Crippen LogP contribution is 2.37. The smallest absolute Gasteiger partial charge is 0.248 e. The minimum atomic E-state index is -2.42. The zero-order valence-electron chi connectivity index (χ0n) is 9.80. The molecule has 0 bridgehead atoms. The Morgan fingerprint density at radius 2 is 2.06 bits per heavy atom. The topological polar surface area (TPSA) is 29.3 Å². The van der Waals surface area contributed by atoms with Gasteiger partial charge < -0.3 is 5.73 Å². The van der Waals surface area contributed by atoms with Crippen LogP contribution in [0.3, 0.4) is 0 Å². The Kier molecular flexibility index (Phi) is 3.80. The van der Waals surface area contributed by atoms with Crippen molar-refractivity contribution in [1.29, 1.82) is 0 Å². The lowest BCUT2D eigenvalue weighted by Crippen LogP contribution is -2.40. The third-order valence-corrected chi connectivity index (χ3v) is 4.01. The van der Waals surface area contributed by atoms with Crippen LogP contribution in [0.15, 0.2) is 0 Å². The van der Waals surface area contributed by atoms with E-state index >= 15 is 0 Å². The molecule has 0 amide bonds. The number of hydrogen-bond acceptors (Lipinski definition) is 2. The molecule has 16 heavy (non-hydrogen) atoms. The van der Waals surface area contributed by atoms with Crippen LogP contribution in [-0.2, 0) is 0 Å². The van der Waals surface area contributed by atoms with Crippen molar-refractivity contribution in [2.45, 2.75) is 50.5 Å². The molecular formula is C12H22F2N2. The first-order valence-electron chi connectivity index (χ1n) is 6.43. The molecule has 1 saturated heterocycles. The molecule has 2 rings (SSSR count). The number of likely N-dealkylation sites (tertiary alicyclic amines) is 1. The van der Waals surface area contributed by atoms with Crippen molar-refractivity contribution in [1.82, 2.24) is 4.90 Å². The third-order valence-electron chi connectivity index (χ3n) is 4.01. The maximum atomic E-state index is 13.3. The normalized spacial score (nSPS) is 35.4. The summed E-state index contributed by atoms with van der Waals surface area (Å²) in [5, 5.41) is 0. The summed E-state index contributed by atoms with van der Waals surface area (Å²) >= 11 is 0. The Labute approximate surface area is 96.2 Å². The number of rotatable bonds is 3. The first-order valence-corrected chi connectivity index (χ1v) is 6.43. The molecule has 0 radical (unpaired) electrons. The molecule has 2 atom stereocenters. The van der Waals surface area contributed by atoms with Crippen LogP contribution in [0.25, 0.3) is 0 Å². The lowest BCUT2D eigenvalue weighted by Gasteiger charge is -2.33. The SMILES string of the molecule is NCC1CCCN1CC1CCCC(F)(F)C1. The van der Waals surface area contributed by atoms with Gasteiger partial charge in [-0.05, 0) is 38.1 Å². The van der Waals surface area contributed by atoms with Crippen LogP contribution in [0.1, 0.15) is 38.5 Å². The van der Waals surface area contributed by atoms with Crippen LogP contribution >= 0.6 is 0 Å². The van der Waals surface area contributed by atoms with Gasteiger partial charge in [0.05, 0.1) is 0 Å². The Morgan fingerprint density at radius 1 is 1.25 bits per heavy atom. The predicted molar refractivity (Wildman–Crippen MR) is 60.6 cm³/mol. The second-order valence-electron chi connectivity index (χ2n) is 5.35. The maximum absolute atomic E-state index is 13.3. The molecule has 0 aromatic carbocycles. The average molecular weight is 232 g/mol. The summed E-state index contributed by atoms with van der Waals surface area (Å²) in [7, 11) is 0. The Hall–Kier alpha value is -0.220. The quantitative estimate of drug-likeness (QED) is 0.808. The molecule has 0 aromatic rings. The Morgan fingerprint density at radius 3 is 2.75 bits per heavy atom. The van der Waals surface area contributed by atoms with Gasteiger partial charge >= 0.3 is 0 Å². The van der Waals surface area contributed by atoms with Gasteiger partial charge in [-0.15, -0.1) is 0 Å². The minimum Gasteiger partial charge on any atom is -0.329 e. The molecule has 94 valence electrons. The molecule has 2 nitrogen and oxygen atoms in total. The van der Waals surface area contributed by atoms with Crippen molar-refractivity contribution in [3.63, 3.8) is 0 Å². The second-order valence-corrected chi connectivity index (χ2v) is 5.35. The van der Waals surface area contributed by atoms with Crippen molar-refractivity contribution in [3.8, 4) is 0 Å². The van der Waals surface area contributed by atoms with Crippen molar-refractivity contribution in [2.75, 3.05) is 19.6 Å². The summed E-state index contributed by atoms with van der Waals surface area (Å²) in [6, 6.07) is 0.440. The van der Waals surface area contributed by atoms with Gasteiger partial charge in [0.25, 0.3) is 0 Å². The van der Waals surface area contributed by atoms with Crippen molar-refractivity contribution in [2.24, 2.45) is 11.7 Å². The van der Waals surface area contributed by atoms with Gasteiger partial charge in [0.15, 0.2) is 0 Å². The summed E-state index contributed by atoms with van der Waals surface area (Å²) in [5.41, 5.74) is 5.69. The third kappa shape index (κ3) is 2.92. The first-order chi connectivity index (χ1) is 7.61. The Balaban J connectivity index is 1.84. The van der Waals surface area contributed by atoms with Gasteiger partial charge in [-0.3, -0.25) is 4.90 Å². The highest BCUT2D eigenvalue weighted by Gasteiger charge is 2.37. The van der Waals surface area contributed by atoms with E-state index in [1.165, 1.54) is 6.42 Å². The lowest BCUT2D eigenvalue weighted by molar-refractivity contribution is -0.0572. The van der Waals surface area contributed by atoms with E-state index in [4.69, 9.17) is 5.73 Å². The average Bonchev–Trinajstić information content (AvgIpc) is 2.63. The summed E-state index contributed by atoms with van der Waals surface area (Å²) in [4.78, 5) is 2.33. The van der Waals surface area contributed by atoms with Crippen molar-refractivity contribution < 1.29 is 8.78 Å². The second kappa shape index (κ2) is 4.96. The molecule has 1 aliphatic heterocycles. The lowest BCUT2D eigenvalue weighted by atomic mass is 9.86. The van der Waals surface area contributed by atoms with E-state index < -0.39 is 5.92 Å². The molecule has 2 fully saturated rings. The van der Waals surface area contributed by atoms with Gasteiger partial charge in [-0.1, -0.05) is 0 Å². The zero-order valence-corrected chi connectivity index (χ0v) is 9.80. The molecule has 0 aromatic heterocycles. The van der Waals surface area contributed by atoms with Crippen molar-refractivity contribution in [3.05, 3.63) is 0 Å². The molecular weight excluding hydrogens is 210 g/mol. The van der Waals surface area contributed by atoms with Gasteiger partial charge in [0.2, 0.25) is 5.92 Å². The van der Waals surface area contributed by atoms with Gasteiger partial charge in [0, 0.05) is 32.0 Å². The van der Waals surface area contributed by atoms with E-state index in [2.05, 4.69) is 4.90 Å². The van der Waals surface area contributed by atoms with Crippen LogP contribution in [0.5, 0.6) is 0 Å². The fourth-order valence-electron chi connectivity index (χ4n) is 3.17. The first kappa shape index (κ1) is 12.2. The largest absolute Gasteiger partial charge is 0.329 e. The van der Waals surface area contributed by atoms with Crippen LogP contribution in [0.4, 0.5) is 8.78 Å². The molecule has 2 aliphatic rings. The monoisotopic (exact) mass is 232 g/mol. The van der Waals surface area contributed by atoms with E-state index in [-0.39, 0.29) is 18.8 Å². The fourth-order valence-corrected chi connectivity index (χ4v) is 3.17. The summed E-state index contributed by atoms with van der Waals surface area (Å²) in [6.45, 7) is 2.55. The van der Waals surface area contributed by atoms with E-state index in [0.717, 1.165) is 25.9 Å². The summed E-state index contributed by atoms with van der Waals surface area (Å²) < 4.78 is 26.5. The molecule has 1 saturated carbocycles. The van der Waals surface area contributed by atoms with Gasteiger partial charge in [-0.25, -0.2) is 8.78 Å². The molecule has 1 heterocycles.